The van der Waals surface area contributed by atoms with Crippen LogP contribution in [0.25, 0.3) is 0 Å². The number of aromatic nitrogens is 2. The van der Waals surface area contributed by atoms with Gasteiger partial charge in [0, 0.05) is 12.2 Å². The zero-order valence-electron chi connectivity index (χ0n) is 11.9. The summed E-state index contributed by atoms with van der Waals surface area (Å²) >= 11 is 0. The molecule has 1 unspecified atom stereocenters. The largest absolute Gasteiger partial charge is 0.481 e. The van der Waals surface area contributed by atoms with E-state index in [9.17, 15) is 4.79 Å². The maximum atomic E-state index is 10.9. The fourth-order valence-electron chi connectivity index (χ4n) is 1.94. The van der Waals surface area contributed by atoms with Gasteiger partial charge in [0.2, 0.25) is 0 Å². The minimum atomic E-state index is -0.755. The Labute approximate surface area is 108 Å². The molecule has 1 atom stereocenters. The van der Waals surface area contributed by atoms with Crippen molar-refractivity contribution in [1.29, 1.82) is 0 Å². The molecule has 0 aliphatic heterocycles. The van der Waals surface area contributed by atoms with E-state index >= 15 is 0 Å². The van der Waals surface area contributed by atoms with Gasteiger partial charge in [0.1, 0.15) is 0 Å². The average Bonchev–Trinajstić information content (AvgIpc) is 2.53. The van der Waals surface area contributed by atoms with E-state index in [1.54, 1.807) is 6.92 Å². The van der Waals surface area contributed by atoms with Crippen LogP contribution in [0.1, 0.15) is 23.9 Å². The molecule has 0 aliphatic rings. The highest BCUT2D eigenvalue weighted by Crippen LogP contribution is 2.17. The minimum Gasteiger partial charge on any atom is -0.481 e. The molecule has 0 aliphatic carbocycles. The highest BCUT2D eigenvalue weighted by molar-refractivity contribution is 5.70. The maximum absolute atomic E-state index is 10.9. The number of likely N-dealkylation sites (N-methyl/N-ethyl adjacent to an activating group) is 1. The number of aliphatic carboxylic acids is 1. The second-order valence-corrected chi connectivity index (χ2v) is 5.12. The van der Waals surface area contributed by atoms with Crippen molar-refractivity contribution in [1.82, 2.24) is 14.7 Å². The van der Waals surface area contributed by atoms with Crippen molar-refractivity contribution in [2.45, 2.75) is 33.7 Å². The summed E-state index contributed by atoms with van der Waals surface area (Å²) in [7, 11) is 4.05. The van der Waals surface area contributed by atoms with Crippen LogP contribution in [0.15, 0.2) is 0 Å². The number of carboxylic acids is 1. The quantitative estimate of drug-likeness (QED) is 0.831. The summed E-state index contributed by atoms with van der Waals surface area (Å²) in [5.41, 5.74) is 3.10. The van der Waals surface area contributed by atoms with Crippen molar-refractivity contribution in [2.75, 3.05) is 20.6 Å². The van der Waals surface area contributed by atoms with E-state index in [1.165, 1.54) is 0 Å². The van der Waals surface area contributed by atoms with Gasteiger partial charge < -0.3 is 10.0 Å². The minimum absolute atomic E-state index is 0.367. The summed E-state index contributed by atoms with van der Waals surface area (Å²) in [6, 6.07) is 0. The molecular formula is C13H23N3O2. The Bertz CT molecular complexity index is 424. The van der Waals surface area contributed by atoms with Gasteiger partial charge in [-0.2, -0.15) is 5.10 Å². The van der Waals surface area contributed by atoms with Crippen LogP contribution in [0.4, 0.5) is 0 Å². The lowest BCUT2D eigenvalue weighted by Crippen LogP contribution is -2.20. The van der Waals surface area contributed by atoms with Crippen LogP contribution in [0.5, 0.6) is 0 Å². The van der Waals surface area contributed by atoms with Crippen molar-refractivity contribution < 1.29 is 9.90 Å². The van der Waals surface area contributed by atoms with Gasteiger partial charge in [-0.3, -0.25) is 9.48 Å². The standard InChI is InChI=1S/C13H23N3O2/c1-9(13(17)18)8-12-10(2)14-16(11(12)3)7-6-15(4)5/h9H,6-8H2,1-5H3,(H,17,18). The lowest BCUT2D eigenvalue weighted by Gasteiger charge is -2.11. The average molecular weight is 253 g/mol. The van der Waals surface area contributed by atoms with Crippen LogP contribution < -0.4 is 0 Å². The van der Waals surface area contributed by atoms with E-state index in [2.05, 4.69) is 10.00 Å². The molecule has 0 amide bonds. The predicted octanol–water partition coefficient (Wildman–Crippen LogP) is 1.32. The molecule has 0 radical (unpaired) electrons. The summed E-state index contributed by atoms with van der Waals surface area (Å²) in [4.78, 5) is 13.0. The molecule has 0 aromatic carbocycles. The number of rotatable bonds is 6. The van der Waals surface area contributed by atoms with Crippen molar-refractivity contribution in [3.05, 3.63) is 17.0 Å². The Morgan fingerprint density at radius 1 is 1.44 bits per heavy atom. The molecular weight excluding hydrogens is 230 g/mol. The molecule has 1 rings (SSSR count). The zero-order chi connectivity index (χ0) is 13.9. The molecule has 0 bridgehead atoms. The number of hydrogen-bond donors (Lipinski definition) is 1. The van der Waals surface area contributed by atoms with E-state index < -0.39 is 5.97 Å². The van der Waals surface area contributed by atoms with E-state index in [0.717, 1.165) is 30.0 Å². The van der Waals surface area contributed by atoms with Crippen molar-refractivity contribution >= 4 is 5.97 Å². The summed E-state index contributed by atoms with van der Waals surface area (Å²) in [5, 5.41) is 13.5. The summed E-state index contributed by atoms with van der Waals surface area (Å²) in [6.07, 6.45) is 0.551. The van der Waals surface area contributed by atoms with Crippen LogP contribution in [0.2, 0.25) is 0 Å². The number of hydrogen-bond acceptors (Lipinski definition) is 3. The Kier molecular flexibility index (Phi) is 4.90. The zero-order valence-corrected chi connectivity index (χ0v) is 11.9. The van der Waals surface area contributed by atoms with Gasteiger partial charge in [0.05, 0.1) is 18.2 Å². The molecule has 5 nitrogen and oxygen atoms in total. The Hall–Kier alpha value is -1.36. The van der Waals surface area contributed by atoms with Crippen molar-refractivity contribution in [3.8, 4) is 0 Å². The normalized spacial score (nSPS) is 13.0. The van der Waals surface area contributed by atoms with Gasteiger partial charge in [-0.1, -0.05) is 6.92 Å². The number of carbonyl (C=O) groups is 1. The molecule has 1 heterocycles. The van der Waals surface area contributed by atoms with Crippen LogP contribution in [-0.2, 0) is 17.8 Å². The molecule has 0 fully saturated rings. The molecule has 102 valence electrons. The lowest BCUT2D eigenvalue weighted by atomic mass is 10.00. The summed E-state index contributed by atoms with van der Waals surface area (Å²) < 4.78 is 1.97. The van der Waals surface area contributed by atoms with Crippen LogP contribution in [0, 0.1) is 19.8 Å². The van der Waals surface area contributed by atoms with Crippen molar-refractivity contribution in [2.24, 2.45) is 5.92 Å². The van der Waals surface area contributed by atoms with Gasteiger partial charge in [-0.15, -0.1) is 0 Å². The third kappa shape index (κ3) is 3.57. The smallest absolute Gasteiger partial charge is 0.306 e. The van der Waals surface area contributed by atoms with E-state index in [-0.39, 0.29) is 5.92 Å². The second kappa shape index (κ2) is 6.00. The second-order valence-electron chi connectivity index (χ2n) is 5.12. The van der Waals surface area contributed by atoms with E-state index in [0.29, 0.717) is 6.42 Å². The molecule has 18 heavy (non-hydrogen) atoms. The molecule has 1 aromatic rings. The van der Waals surface area contributed by atoms with Crippen LogP contribution >= 0.6 is 0 Å². The Balaban J connectivity index is 2.83. The maximum Gasteiger partial charge on any atom is 0.306 e. The molecule has 1 aromatic heterocycles. The molecule has 1 N–H and O–H groups in total. The first-order chi connectivity index (χ1) is 8.32. The first kappa shape index (κ1) is 14.7. The van der Waals surface area contributed by atoms with Gasteiger partial charge in [0.15, 0.2) is 0 Å². The van der Waals surface area contributed by atoms with Crippen LogP contribution in [0.3, 0.4) is 0 Å². The summed E-state index contributed by atoms with van der Waals surface area (Å²) in [5.74, 6) is -1.12. The van der Waals surface area contributed by atoms with Crippen molar-refractivity contribution in [3.63, 3.8) is 0 Å². The first-order valence-electron chi connectivity index (χ1n) is 6.23. The summed E-state index contributed by atoms with van der Waals surface area (Å²) in [6.45, 7) is 7.46. The lowest BCUT2D eigenvalue weighted by molar-refractivity contribution is -0.141. The van der Waals surface area contributed by atoms with Gasteiger partial charge in [-0.05, 0) is 39.9 Å². The third-order valence-corrected chi connectivity index (χ3v) is 3.22. The highest BCUT2D eigenvalue weighted by Gasteiger charge is 2.18. The monoisotopic (exact) mass is 253 g/mol. The highest BCUT2D eigenvalue weighted by atomic mass is 16.4. The fraction of sp³-hybridized carbons (Fsp3) is 0.692. The van der Waals surface area contributed by atoms with Gasteiger partial charge in [-0.25, -0.2) is 0 Å². The number of carboxylic acid groups (broad SMARTS) is 1. The molecule has 0 spiro atoms. The first-order valence-corrected chi connectivity index (χ1v) is 6.23. The SMILES string of the molecule is Cc1nn(CCN(C)C)c(C)c1CC(C)C(=O)O. The molecule has 0 saturated heterocycles. The molecule has 0 saturated carbocycles. The number of aryl methyl sites for hydroxylation is 1. The fourth-order valence-corrected chi connectivity index (χ4v) is 1.94. The molecule has 5 heteroatoms. The Morgan fingerprint density at radius 3 is 2.56 bits per heavy atom. The van der Waals surface area contributed by atoms with E-state index in [1.807, 2.05) is 32.6 Å². The van der Waals surface area contributed by atoms with Gasteiger partial charge in [0.25, 0.3) is 0 Å². The number of nitrogens with zero attached hydrogens (tertiary/aromatic N) is 3. The van der Waals surface area contributed by atoms with Crippen LogP contribution in [-0.4, -0.2) is 46.4 Å². The topological polar surface area (TPSA) is 58.4 Å². The van der Waals surface area contributed by atoms with E-state index in [4.69, 9.17) is 5.11 Å². The third-order valence-electron chi connectivity index (χ3n) is 3.22. The van der Waals surface area contributed by atoms with Gasteiger partial charge >= 0.3 is 5.97 Å². The Morgan fingerprint density at radius 2 is 2.06 bits per heavy atom. The predicted molar refractivity (Wildman–Crippen MR) is 70.8 cm³/mol.